The topological polar surface area (TPSA) is 79.5 Å². The van der Waals surface area contributed by atoms with E-state index in [9.17, 15) is 9.59 Å². The van der Waals surface area contributed by atoms with Crippen LogP contribution in [0.5, 0.6) is 0 Å². The van der Waals surface area contributed by atoms with E-state index in [-0.39, 0.29) is 11.7 Å². The Morgan fingerprint density at radius 3 is 2.33 bits per heavy atom. The summed E-state index contributed by atoms with van der Waals surface area (Å²) in [5.41, 5.74) is 1.45. The van der Waals surface area contributed by atoms with E-state index in [0.717, 1.165) is 4.88 Å². The predicted octanol–water partition coefficient (Wildman–Crippen LogP) is 3.99. The van der Waals surface area contributed by atoms with E-state index in [1.807, 2.05) is 35.7 Å². The fraction of sp³-hybridized carbons (Fsp3) is 0.200. The molecule has 1 fully saturated rings. The van der Waals surface area contributed by atoms with Crippen molar-refractivity contribution in [1.29, 1.82) is 0 Å². The van der Waals surface area contributed by atoms with Gasteiger partial charge < -0.3 is 9.42 Å². The Labute approximate surface area is 195 Å². The van der Waals surface area contributed by atoms with Crippen LogP contribution in [0.25, 0.3) is 10.7 Å². The molecule has 1 saturated heterocycles. The number of aromatic nitrogens is 2. The van der Waals surface area contributed by atoms with Crippen molar-refractivity contribution in [2.24, 2.45) is 0 Å². The first-order chi connectivity index (χ1) is 16.2. The van der Waals surface area contributed by atoms with Crippen LogP contribution in [0.3, 0.4) is 0 Å². The number of carbonyl (C=O) groups excluding carboxylic acids is 2. The third-order valence-corrected chi connectivity index (χ3v) is 6.53. The van der Waals surface area contributed by atoms with Gasteiger partial charge in [-0.2, -0.15) is 4.98 Å². The van der Waals surface area contributed by atoms with Gasteiger partial charge in [0.1, 0.15) is 0 Å². The van der Waals surface area contributed by atoms with Crippen molar-refractivity contribution in [3.05, 3.63) is 94.7 Å². The minimum Gasteiger partial charge on any atom is -0.338 e. The van der Waals surface area contributed by atoms with Crippen LogP contribution in [0.15, 0.2) is 76.6 Å². The molecule has 0 atom stereocenters. The van der Waals surface area contributed by atoms with E-state index in [1.54, 1.807) is 52.6 Å². The summed E-state index contributed by atoms with van der Waals surface area (Å²) in [7, 11) is 0. The van der Waals surface area contributed by atoms with Gasteiger partial charge in [-0.25, -0.2) is 0 Å². The second-order valence-electron chi connectivity index (χ2n) is 7.80. The zero-order chi connectivity index (χ0) is 22.6. The van der Waals surface area contributed by atoms with E-state index >= 15 is 0 Å². The number of ketones is 1. The molecular weight excluding hydrogens is 436 g/mol. The van der Waals surface area contributed by atoms with Crippen molar-refractivity contribution in [3.8, 4) is 10.7 Å². The number of thiophene rings is 1. The summed E-state index contributed by atoms with van der Waals surface area (Å²) >= 11 is 1.57. The van der Waals surface area contributed by atoms with Crippen molar-refractivity contribution in [2.45, 2.75) is 6.54 Å². The second kappa shape index (κ2) is 9.48. The summed E-state index contributed by atoms with van der Waals surface area (Å²) in [6, 6.07) is 20.0. The van der Waals surface area contributed by atoms with Crippen LogP contribution in [0, 0.1) is 0 Å². The SMILES string of the molecule is O=C(c1ccccc1)c1ccccc1C(=O)N1CCN(Cc2nc(-c3cccs3)no2)CC1. The smallest absolute Gasteiger partial charge is 0.254 e. The lowest BCUT2D eigenvalue weighted by molar-refractivity contribution is 0.0612. The van der Waals surface area contributed by atoms with Gasteiger partial charge in [0.25, 0.3) is 5.91 Å². The molecule has 2 aromatic heterocycles. The predicted molar refractivity (Wildman–Crippen MR) is 125 cm³/mol. The van der Waals surface area contributed by atoms with Crippen LogP contribution in [0.4, 0.5) is 0 Å². The van der Waals surface area contributed by atoms with Gasteiger partial charge in [0.15, 0.2) is 5.78 Å². The molecule has 0 N–H and O–H groups in total. The number of hydrogen-bond donors (Lipinski definition) is 0. The summed E-state index contributed by atoms with van der Waals surface area (Å²) in [6.07, 6.45) is 0. The van der Waals surface area contributed by atoms with Crippen molar-refractivity contribution in [2.75, 3.05) is 26.2 Å². The Hall–Kier alpha value is -3.62. The molecule has 5 rings (SSSR count). The van der Waals surface area contributed by atoms with Gasteiger partial charge in [-0.3, -0.25) is 14.5 Å². The molecule has 8 heteroatoms. The number of benzene rings is 2. The number of rotatable bonds is 6. The van der Waals surface area contributed by atoms with Crippen molar-refractivity contribution < 1.29 is 14.1 Å². The average molecular weight is 459 g/mol. The van der Waals surface area contributed by atoms with Crippen LogP contribution >= 0.6 is 11.3 Å². The highest BCUT2D eigenvalue weighted by Crippen LogP contribution is 2.22. The molecule has 4 aromatic rings. The molecule has 0 radical (unpaired) electrons. The van der Waals surface area contributed by atoms with Gasteiger partial charge in [-0.1, -0.05) is 59.8 Å². The van der Waals surface area contributed by atoms with Gasteiger partial charge in [0.05, 0.1) is 17.0 Å². The van der Waals surface area contributed by atoms with Gasteiger partial charge >= 0.3 is 0 Å². The third-order valence-electron chi connectivity index (χ3n) is 5.67. The molecule has 0 bridgehead atoms. The molecule has 0 saturated carbocycles. The number of carbonyl (C=O) groups is 2. The molecule has 1 aliphatic rings. The Morgan fingerprint density at radius 1 is 0.879 bits per heavy atom. The molecule has 1 aliphatic heterocycles. The first-order valence-corrected chi connectivity index (χ1v) is 11.6. The fourth-order valence-electron chi connectivity index (χ4n) is 3.91. The maximum Gasteiger partial charge on any atom is 0.254 e. The Morgan fingerprint density at radius 2 is 1.61 bits per heavy atom. The van der Waals surface area contributed by atoms with E-state index < -0.39 is 0 Å². The molecule has 0 unspecified atom stereocenters. The Bertz CT molecular complexity index is 1250. The summed E-state index contributed by atoms with van der Waals surface area (Å²) in [4.78, 5) is 35.7. The van der Waals surface area contributed by atoms with E-state index in [4.69, 9.17) is 4.52 Å². The lowest BCUT2D eigenvalue weighted by Crippen LogP contribution is -2.48. The molecule has 0 aliphatic carbocycles. The maximum absolute atomic E-state index is 13.3. The molecule has 33 heavy (non-hydrogen) atoms. The quantitative estimate of drug-likeness (QED) is 0.407. The van der Waals surface area contributed by atoms with Crippen molar-refractivity contribution in [3.63, 3.8) is 0 Å². The molecule has 166 valence electrons. The maximum atomic E-state index is 13.3. The van der Waals surface area contributed by atoms with Crippen LogP contribution in [-0.4, -0.2) is 57.8 Å². The minimum atomic E-state index is -0.142. The zero-order valence-electron chi connectivity index (χ0n) is 17.9. The highest BCUT2D eigenvalue weighted by molar-refractivity contribution is 7.13. The Kier molecular flexibility index (Phi) is 6.10. The van der Waals surface area contributed by atoms with Crippen LogP contribution in [0.2, 0.25) is 0 Å². The van der Waals surface area contributed by atoms with Gasteiger partial charge in [-0.05, 0) is 17.5 Å². The number of hydrogen-bond acceptors (Lipinski definition) is 7. The molecule has 2 aromatic carbocycles. The van der Waals surface area contributed by atoms with E-state index in [2.05, 4.69) is 15.0 Å². The molecule has 7 nitrogen and oxygen atoms in total. The van der Waals surface area contributed by atoms with Crippen LogP contribution in [-0.2, 0) is 6.54 Å². The summed E-state index contributed by atoms with van der Waals surface area (Å²) < 4.78 is 5.40. The highest BCUT2D eigenvalue weighted by Gasteiger charge is 2.26. The summed E-state index contributed by atoms with van der Waals surface area (Å²) in [5, 5.41) is 6.04. The second-order valence-corrected chi connectivity index (χ2v) is 8.75. The fourth-order valence-corrected chi connectivity index (χ4v) is 4.56. The largest absolute Gasteiger partial charge is 0.338 e. The lowest BCUT2D eigenvalue weighted by Gasteiger charge is -2.34. The normalized spacial score (nSPS) is 14.4. The third kappa shape index (κ3) is 4.62. The number of amides is 1. The number of piperazine rings is 1. The number of nitrogens with zero attached hydrogens (tertiary/aromatic N) is 4. The summed E-state index contributed by atoms with van der Waals surface area (Å²) in [6.45, 7) is 3.06. The standard InChI is InChI=1S/C25H22N4O3S/c30-23(18-7-2-1-3-8-18)19-9-4-5-10-20(19)25(31)29-14-12-28(13-15-29)17-22-26-24(27-32-22)21-11-6-16-33-21/h1-11,16H,12-15,17H2. The van der Waals surface area contributed by atoms with Crippen LogP contribution < -0.4 is 0 Å². The molecular formula is C25H22N4O3S. The van der Waals surface area contributed by atoms with Gasteiger partial charge in [0.2, 0.25) is 11.7 Å². The first kappa shape index (κ1) is 21.2. The molecule has 0 spiro atoms. The van der Waals surface area contributed by atoms with Crippen molar-refractivity contribution in [1.82, 2.24) is 19.9 Å². The van der Waals surface area contributed by atoms with Crippen LogP contribution in [0.1, 0.15) is 32.2 Å². The zero-order valence-corrected chi connectivity index (χ0v) is 18.7. The van der Waals surface area contributed by atoms with E-state index in [1.165, 1.54) is 0 Å². The van der Waals surface area contributed by atoms with Gasteiger partial charge in [-0.15, -0.1) is 11.3 Å². The van der Waals surface area contributed by atoms with E-state index in [0.29, 0.717) is 61.1 Å². The van der Waals surface area contributed by atoms with Crippen molar-refractivity contribution >= 4 is 23.0 Å². The highest BCUT2D eigenvalue weighted by atomic mass is 32.1. The molecule has 3 heterocycles. The Balaban J connectivity index is 1.23. The lowest BCUT2D eigenvalue weighted by atomic mass is 9.97. The summed E-state index contributed by atoms with van der Waals surface area (Å²) in [5.74, 6) is 0.911. The minimum absolute atomic E-state index is 0.118. The first-order valence-electron chi connectivity index (χ1n) is 10.8. The van der Waals surface area contributed by atoms with Gasteiger partial charge in [0, 0.05) is 37.3 Å². The monoisotopic (exact) mass is 458 g/mol. The average Bonchev–Trinajstić information content (AvgIpc) is 3.57. The molecule has 1 amide bonds.